The molecule has 2 N–H and O–H groups in total. The van der Waals surface area contributed by atoms with Crippen LogP contribution in [-0.4, -0.2) is 68.5 Å². The molecule has 0 saturated heterocycles. The molecule has 45 heavy (non-hydrogen) atoms. The lowest BCUT2D eigenvalue weighted by Crippen LogP contribution is -2.46. The van der Waals surface area contributed by atoms with Crippen molar-refractivity contribution in [2.45, 2.75) is 174 Å². The van der Waals surface area contributed by atoms with Crippen LogP contribution in [0.25, 0.3) is 0 Å². The molecule has 268 valence electrons. The molecule has 0 rings (SSSR count). The molecule has 0 spiro atoms. The molecule has 0 radical (unpaired) electrons. The summed E-state index contributed by atoms with van der Waals surface area (Å²) in [6, 6.07) is -0.797. The number of nitrogens with one attached hydrogen (secondary N) is 1. The number of carbonyl (C=O) groups is 1. The largest absolute Gasteiger partial charge is 0.756 e. The van der Waals surface area contributed by atoms with Crippen molar-refractivity contribution in [3.8, 4) is 0 Å². The highest BCUT2D eigenvalue weighted by atomic mass is 31.2. The van der Waals surface area contributed by atoms with Crippen LogP contribution >= 0.6 is 7.82 Å². The van der Waals surface area contributed by atoms with E-state index in [9.17, 15) is 19.4 Å². The summed E-state index contributed by atoms with van der Waals surface area (Å²) in [5.74, 6) is -0.178. The fourth-order valence-corrected chi connectivity index (χ4v) is 5.92. The van der Waals surface area contributed by atoms with E-state index in [0.717, 1.165) is 51.4 Å². The zero-order valence-corrected chi connectivity index (χ0v) is 31.0. The summed E-state index contributed by atoms with van der Waals surface area (Å²) in [7, 11) is 1.30. The maximum atomic E-state index is 12.7. The number of likely N-dealkylation sites (N-methyl/N-ethyl adjacent to an activating group) is 1. The van der Waals surface area contributed by atoms with Crippen LogP contribution in [0, 0.1) is 0 Å². The van der Waals surface area contributed by atoms with Crippen LogP contribution in [0.2, 0.25) is 0 Å². The number of allylic oxidation sites excluding steroid dienone is 2. The van der Waals surface area contributed by atoms with E-state index in [4.69, 9.17) is 9.05 Å². The average molecular weight is 661 g/mol. The molecule has 0 aromatic heterocycles. The lowest BCUT2D eigenvalue weighted by atomic mass is 10.0. The third-order valence-electron chi connectivity index (χ3n) is 8.25. The van der Waals surface area contributed by atoms with E-state index in [2.05, 4.69) is 31.3 Å². The maximum absolute atomic E-state index is 12.7. The Hall–Kier alpha value is -0.760. The first-order chi connectivity index (χ1) is 21.5. The van der Waals surface area contributed by atoms with E-state index in [-0.39, 0.29) is 19.1 Å². The number of hydrogen-bond acceptors (Lipinski definition) is 6. The number of phosphoric acid groups is 1. The summed E-state index contributed by atoms with van der Waals surface area (Å²) in [4.78, 5) is 25.1. The zero-order valence-electron chi connectivity index (χ0n) is 30.1. The van der Waals surface area contributed by atoms with E-state index in [0.29, 0.717) is 23.9 Å². The van der Waals surface area contributed by atoms with E-state index in [1.165, 1.54) is 83.5 Å². The number of nitrogens with zero attached hydrogens (tertiary/aromatic N) is 1. The standard InChI is InChI=1S/C36H73N2O6P/c1-6-8-10-12-14-16-18-20-21-23-25-27-29-35(39)34(33-44-45(41,42)43-32-31-38(3,4)5)37-36(40)30-28-26-24-22-19-17-15-13-11-9-7-2/h13,15,34-35,39H,6-12,14,16-33H2,1-5H3,(H-,37,40,41,42)/b15-13-. The second kappa shape index (κ2) is 29.4. The molecule has 1 amide bonds. The zero-order chi connectivity index (χ0) is 33.7. The topological polar surface area (TPSA) is 108 Å². The number of aliphatic hydroxyl groups is 1. The lowest BCUT2D eigenvalue weighted by Gasteiger charge is -2.30. The van der Waals surface area contributed by atoms with Gasteiger partial charge in [-0.05, 0) is 32.1 Å². The monoisotopic (exact) mass is 661 g/mol. The van der Waals surface area contributed by atoms with Crippen molar-refractivity contribution in [3.63, 3.8) is 0 Å². The molecule has 0 aromatic rings. The Bertz CT molecular complexity index is 758. The minimum atomic E-state index is -4.55. The molecule has 0 saturated carbocycles. The molecule has 0 aliphatic rings. The van der Waals surface area contributed by atoms with Crippen LogP contribution in [0.3, 0.4) is 0 Å². The van der Waals surface area contributed by atoms with Gasteiger partial charge in [-0.2, -0.15) is 0 Å². The first kappa shape index (κ1) is 44.2. The van der Waals surface area contributed by atoms with Crippen molar-refractivity contribution < 1.29 is 32.9 Å². The molecule has 0 aliphatic heterocycles. The Morgan fingerprint density at radius 1 is 0.756 bits per heavy atom. The molecule has 0 aliphatic carbocycles. The van der Waals surface area contributed by atoms with Crippen LogP contribution < -0.4 is 10.2 Å². The van der Waals surface area contributed by atoms with E-state index >= 15 is 0 Å². The second-order valence-electron chi connectivity index (χ2n) is 13.9. The van der Waals surface area contributed by atoms with E-state index in [1.54, 1.807) is 0 Å². The maximum Gasteiger partial charge on any atom is 0.268 e. The average Bonchev–Trinajstić information content (AvgIpc) is 2.97. The summed E-state index contributed by atoms with van der Waals surface area (Å²) in [5, 5.41) is 13.8. The summed E-state index contributed by atoms with van der Waals surface area (Å²) < 4.78 is 23.1. The first-order valence-electron chi connectivity index (χ1n) is 18.5. The number of amides is 1. The van der Waals surface area contributed by atoms with Gasteiger partial charge in [0, 0.05) is 6.42 Å². The fraction of sp³-hybridized carbons (Fsp3) is 0.917. The highest BCUT2D eigenvalue weighted by Crippen LogP contribution is 2.38. The highest BCUT2D eigenvalue weighted by molar-refractivity contribution is 7.45. The van der Waals surface area contributed by atoms with Gasteiger partial charge in [0.1, 0.15) is 13.2 Å². The second-order valence-corrected chi connectivity index (χ2v) is 15.3. The normalized spacial score (nSPS) is 14.9. The minimum absolute atomic E-state index is 0.0118. The third-order valence-corrected chi connectivity index (χ3v) is 9.22. The van der Waals surface area contributed by atoms with Crippen molar-refractivity contribution in [2.24, 2.45) is 0 Å². The van der Waals surface area contributed by atoms with Gasteiger partial charge in [-0.1, -0.05) is 135 Å². The third kappa shape index (κ3) is 31.6. The molecule has 0 aromatic carbocycles. The van der Waals surface area contributed by atoms with Crippen LogP contribution in [0.1, 0.15) is 162 Å². The van der Waals surface area contributed by atoms with Gasteiger partial charge in [-0.25, -0.2) is 0 Å². The molecule has 8 nitrogen and oxygen atoms in total. The van der Waals surface area contributed by atoms with Crippen molar-refractivity contribution in [1.82, 2.24) is 5.32 Å². The Labute approximate surface area is 278 Å². The van der Waals surface area contributed by atoms with Gasteiger partial charge in [0.2, 0.25) is 5.91 Å². The minimum Gasteiger partial charge on any atom is -0.756 e. The molecule has 0 heterocycles. The first-order valence-corrected chi connectivity index (χ1v) is 20.0. The van der Waals surface area contributed by atoms with Crippen molar-refractivity contribution >= 4 is 13.7 Å². The SMILES string of the molecule is CCCC/C=C\CCCCCCCC(=O)NC(COP(=O)([O-])OCC[N+](C)(C)C)C(O)CCCCCCCCCCCCCC. The number of aliphatic hydroxyl groups excluding tert-OH is 1. The quantitative estimate of drug-likeness (QED) is 0.0316. The molecule has 3 atom stereocenters. The van der Waals surface area contributed by atoms with Crippen molar-refractivity contribution in [3.05, 3.63) is 12.2 Å². The lowest BCUT2D eigenvalue weighted by molar-refractivity contribution is -0.870. The van der Waals surface area contributed by atoms with Crippen molar-refractivity contribution in [1.29, 1.82) is 0 Å². The Morgan fingerprint density at radius 3 is 1.80 bits per heavy atom. The summed E-state index contributed by atoms with van der Waals surface area (Å²) in [5.41, 5.74) is 0. The van der Waals surface area contributed by atoms with Gasteiger partial charge in [-0.3, -0.25) is 9.36 Å². The number of carbonyl (C=O) groups excluding carboxylic acids is 1. The molecule has 9 heteroatoms. The van der Waals surface area contributed by atoms with Gasteiger partial charge in [0.05, 0.1) is 39.9 Å². The van der Waals surface area contributed by atoms with Crippen LogP contribution in [0.15, 0.2) is 12.2 Å². The molecule has 0 bridgehead atoms. The molecule has 0 fully saturated rings. The molecular weight excluding hydrogens is 587 g/mol. The summed E-state index contributed by atoms with van der Waals surface area (Å²) in [6.45, 7) is 4.64. The highest BCUT2D eigenvalue weighted by Gasteiger charge is 2.24. The summed E-state index contributed by atoms with van der Waals surface area (Å²) in [6.07, 6.45) is 29.2. The summed E-state index contributed by atoms with van der Waals surface area (Å²) >= 11 is 0. The van der Waals surface area contributed by atoms with E-state index < -0.39 is 20.0 Å². The van der Waals surface area contributed by atoms with Gasteiger partial charge in [0.15, 0.2) is 0 Å². The van der Waals surface area contributed by atoms with Gasteiger partial charge >= 0.3 is 0 Å². The van der Waals surface area contributed by atoms with Gasteiger partial charge in [0.25, 0.3) is 7.82 Å². The number of rotatable bonds is 33. The smallest absolute Gasteiger partial charge is 0.268 e. The van der Waals surface area contributed by atoms with E-state index in [1.807, 2.05) is 21.1 Å². The number of hydrogen-bond donors (Lipinski definition) is 2. The number of quaternary nitrogens is 1. The Kier molecular flexibility index (Phi) is 28.9. The predicted molar refractivity (Wildman–Crippen MR) is 187 cm³/mol. The van der Waals surface area contributed by atoms with Crippen LogP contribution in [0.4, 0.5) is 0 Å². The fourth-order valence-electron chi connectivity index (χ4n) is 5.19. The number of unbranched alkanes of at least 4 members (excludes halogenated alkanes) is 18. The molecular formula is C36H73N2O6P. The van der Waals surface area contributed by atoms with Crippen molar-refractivity contribution in [2.75, 3.05) is 40.9 Å². The van der Waals surface area contributed by atoms with Gasteiger partial charge in [-0.15, -0.1) is 0 Å². The molecule has 3 unspecified atom stereocenters. The predicted octanol–water partition coefficient (Wildman–Crippen LogP) is 8.61. The Balaban J connectivity index is 4.51. The number of phosphoric ester groups is 1. The van der Waals surface area contributed by atoms with Crippen LogP contribution in [-0.2, 0) is 18.4 Å². The Morgan fingerprint density at radius 2 is 1.24 bits per heavy atom. The van der Waals surface area contributed by atoms with Gasteiger partial charge < -0.3 is 28.8 Å². The van der Waals surface area contributed by atoms with Crippen LogP contribution in [0.5, 0.6) is 0 Å².